The van der Waals surface area contributed by atoms with Crippen molar-refractivity contribution in [1.29, 1.82) is 0 Å². The molecule has 4 N–H and O–H groups in total. The summed E-state index contributed by atoms with van der Waals surface area (Å²) in [5.74, 6) is -0.924. The van der Waals surface area contributed by atoms with E-state index in [0.29, 0.717) is 0 Å². The number of guanidine groups is 1. The molecule has 1 aromatic rings. The van der Waals surface area contributed by atoms with Crippen molar-refractivity contribution in [2.24, 2.45) is 21.7 Å². The Labute approximate surface area is 95.8 Å². The standard InChI is InChI=1S/C9H10FN5O2/c1-5-6(4-13-14-9(11)12)7(10)2-3-8(5)15(16)17/h2-4H,1H3,(H4,11,12,14). The van der Waals surface area contributed by atoms with E-state index in [1.165, 1.54) is 6.92 Å². The average Bonchev–Trinajstić information content (AvgIpc) is 2.21. The second kappa shape index (κ2) is 5.01. The van der Waals surface area contributed by atoms with Crippen LogP contribution < -0.4 is 11.5 Å². The fraction of sp³-hybridized carbons (Fsp3) is 0.111. The van der Waals surface area contributed by atoms with Crippen LogP contribution in [0.15, 0.2) is 22.3 Å². The lowest BCUT2D eigenvalue weighted by atomic mass is 10.1. The summed E-state index contributed by atoms with van der Waals surface area (Å²) in [6.45, 7) is 1.41. The maximum atomic E-state index is 13.4. The Hall–Kier alpha value is -2.51. The van der Waals surface area contributed by atoms with Gasteiger partial charge in [-0.05, 0) is 13.0 Å². The molecule has 0 aromatic heterocycles. The minimum Gasteiger partial charge on any atom is -0.369 e. The van der Waals surface area contributed by atoms with Gasteiger partial charge in [-0.3, -0.25) is 10.1 Å². The highest BCUT2D eigenvalue weighted by Gasteiger charge is 2.16. The lowest BCUT2D eigenvalue weighted by Crippen LogP contribution is -2.21. The summed E-state index contributed by atoms with van der Waals surface area (Å²) >= 11 is 0. The van der Waals surface area contributed by atoms with Crippen LogP contribution in [0.1, 0.15) is 11.1 Å². The quantitative estimate of drug-likeness (QED) is 0.348. The number of nitrogens with two attached hydrogens (primary N) is 2. The molecule has 1 rings (SSSR count). The number of rotatable bonds is 3. The Morgan fingerprint density at radius 3 is 2.71 bits per heavy atom. The second-order valence-corrected chi connectivity index (χ2v) is 3.13. The van der Waals surface area contributed by atoms with Gasteiger partial charge in [0.15, 0.2) is 0 Å². The number of hydrogen-bond donors (Lipinski definition) is 2. The van der Waals surface area contributed by atoms with Gasteiger partial charge in [-0.15, -0.1) is 5.10 Å². The van der Waals surface area contributed by atoms with Crippen LogP contribution in [-0.4, -0.2) is 17.1 Å². The molecule has 0 heterocycles. The summed E-state index contributed by atoms with van der Waals surface area (Å²) < 4.78 is 13.4. The second-order valence-electron chi connectivity index (χ2n) is 3.13. The van der Waals surface area contributed by atoms with Gasteiger partial charge in [0.05, 0.1) is 11.1 Å². The zero-order valence-electron chi connectivity index (χ0n) is 8.92. The molecule has 1 aromatic carbocycles. The van der Waals surface area contributed by atoms with E-state index in [1.54, 1.807) is 0 Å². The molecule has 0 saturated carbocycles. The van der Waals surface area contributed by atoms with Crippen LogP contribution in [0, 0.1) is 22.9 Å². The molecule has 0 aliphatic heterocycles. The van der Waals surface area contributed by atoms with E-state index in [2.05, 4.69) is 10.2 Å². The Morgan fingerprint density at radius 1 is 1.53 bits per heavy atom. The van der Waals surface area contributed by atoms with Gasteiger partial charge >= 0.3 is 0 Å². The first-order chi connectivity index (χ1) is 7.93. The minimum absolute atomic E-state index is 0.0239. The topological polar surface area (TPSA) is 120 Å². The zero-order chi connectivity index (χ0) is 13.0. The predicted molar refractivity (Wildman–Crippen MR) is 61.2 cm³/mol. The van der Waals surface area contributed by atoms with E-state index in [0.717, 1.165) is 18.3 Å². The first kappa shape index (κ1) is 12.6. The molecule has 0 bridgehead atoms. The highest BCUT2D eigenvalue weighted by atomic mass is 19.1. The van der Waals surface area contributed by atoms with Gasteiger partial charge < -0.3 is 11.5 Å². The first-order valence-electron chi connectivity index (χ1n) is 4.49. The molecule has 0 unspecified atom stereocenters. The van der Waals surface area contributed by atoms with Crippen molar-refractivity contribution >= 4 is 17.9 Å². The number of hydrogen-bond acceptors (Lipinski definition) is 4. The van der Waals surface area contributed by atoms with Crippen LogP contribution >= 0.6 is 0 Å². The summed E-state index contributed by atoms with van der Waals surface area (Å²) in [6, 6.07) is 2.07. The van der Waals surface area contributed by atoms with E-state index in [1.807, 2.05) is 0 Å². The van der Waals surface area contributed by atoms with E-state index >= 15 is 0 Å². The molecular formula is C9H10FN5O2. The molecule has 0 saturated heterocycles. The summed E-state index contributed by atoms with van der Waals surface area (Å²) in [4.78, 5) is 10.0. The molecule has 0 aliphatic rings. The SMILES string of the molecule is Cc1c([N+](=O)[O-])ccc(F)c1C=NN=C(N)N. The summed E-state index contributed by atoms with van der Waals surface area (Å²) in [6.07, 6.45) is 1.03. The molecule has 0 aliphatic carbocycles. The molecule has 0 radical (unpaired) electrons. The number of nitro benzene ring substituents is 1. The monoisotopic (exact) mass is 239 g/mol. The van der Waals surface area contributed by atoms with E-state index in [-0.39, 0.29) is 22.8 Å². The molecular weight excluding hydrogens is 229 g/mol. The molecule has 8 heteroatoms. The Morgan fingerprint density at radius 2 is 2.18 bits per heavy atom. The Bertz CT molecular complexity index is 508. The van der Waals surface area contributed by atoms with Crippen molar-refractivity contribution in [2.75, 3.05) is 0 Å². The number of nitrogens with zero attached hydrogens (tertiary/aromatic N) is 3. The third kappa shape index (κ3) is 2.97. The molecule has 0 atom stereocenters. The van der Waals surface area contributed by atoms with Gasteiger partial charge in [-0.2, -0.15) is 5.10 Å². The van der Waals surface area contributed by atoms with Crippen LogP contribution in [0.2, 0.25) is 0 Å². The first-order valence-corrected chi connectivity index (χ1v) is 4.49. The minimum atomic E-state index is -0.636. The predicted octanol–water partition coefficient (Wildman–Crippen LogP) is 0.650. The maximum Gasteiger partial charge on any atom is 0.273 e. The largest absolute Gasteiger partial charge is 0.369 e. The zero-order valence-corrected chi connectivity index (χ0v) is 8.92. The normalized spacial score (nSPS) is 10.5. The molecule has 17 heavy (non-hydrogen) atoms. The van der Waals surface area contributed by atoms with E-state index in [4.69, 9.17) is 11.5 Å². The van der Waals surface area contributed by atoms with Crippen LogP contribution in [-0.2, 0) is 0 Å². The van der Waals surface area contributed by atoms with Crippen molar-refractivity contribution in [2.45, 2.75) is 6.92 Å². The number of halogens is 1. The highest BCUT2D eigenvalue weighted by molar-refractivity contribution is 5.84. The Kier molecular flexibility index (Phi) is 3.70. The molecule has 0 amide bonds. The van der Waals surface area contributed by atoms with Crippen LogP contribution in [0.5, 0.6) is 0 Å². The maximum absolute atomic E-state index is 13.4. The highest BCUT2D eigenvalue weighted by Crippen LogP contribution is 2.22. The van der Waals surface area contributed by atoms with Crippen molar-refractivity contribution in [3.63, 3.8) is 0 Å². The fourth-order valence-corrected chi connectivity index (χ4v) is 1.19. The van der Waals surface area contributed by atoms with Crippen LogP contribution in [0.25, 0.3) is 0 Å². The summed E-state index contributed by atoms with van der Waals surface area (Å²) in [5.41, 5.74) is 9.98. The molecule has 0 fully saturated rings. The van der Waals surface area contributed by atoms with Crippen molar-refractivity contribution in [3.05, 3.63) is 39.2 Å². The van der Waals surface area contributed by atoms with Gasteiger partial charge in [0.1, 0.15) is 5.82 Å². The lowest BCUT2D eigenvalue weighted by Gasteiger charge is -2.02. The van der Waals surface area contributed by atoms with Crippen LogP contribution in [0.3, 0.4) is 0 Å². The van der Waals surface area contributed by atoms with Gasteiger partial charge in [-0.25, -0.2) is 4.39 Å². The van der Waals surface area contributed by atoms with Gasteiger partial charge in [0, 0.05) is 17.2 Å². The third-order valence-corrected chi connectivity index (χ3v) is 1.99. The van der Waals surface area contributed by atoms with Crippen LogP contribution in [0.4, 0.5) is 10.1 Å². The molecule has 0 spiro atoms. The van der Waals surface area contributed by atoms with Gasteiger partial charge in [-0.1, -0.05) is 0 Å². The molecule has 90 valence electrons. The summed E-state index contributed by atoms with van der Waals surface area (Å²) in [7, 11) is 0. The van der Waals surface area contributed by atoms with Gasteiger partial charge in [0.2, 0.25) is 5.96 Å². The van der Waals surface area contributed by atoms with Gasteiger partial charge in [0.25, 0.3) is 5.69 Å². The molecule has 7 nitrogen and oxygen atoms in total. The number of nitro groups is 1. The third-order valence-electron chi connectivity index (χ3n) is 1.99. The smallest absolute Gasteiger partial charge is 0.273 e. The average molecular weight is 239 g/mol. The van der Waals surface area contributed by atoms with E-state index < -0.39 is 10.7 Å². The van der Waals surface area contributed by atoms with Crippen molar-refractivity contribution < 1.29 is 9.31 Å². The van der Waals surface area contributed by atoms with Crippen molar-refractivity contribution in [1.82, 2.24) is 0 Å². The Balaban J connectivity index is 3.23. The fourth-order valence-electron chi connectivity index (χ4n) is 1.19. The number of benzene rings is 1. The van der Waals surface area contributed by atoms with E-state index in [9.17, 15) is 14.5 Å². The lowest BCUT2D eigenvalue weighted by molar-refractivity contribution is -0.385. The summed E-state index contributed by atoms with van der Waals surface area (Å²) in [5, 5.41) is 17.3. The van der Waals surface area contributed by atoms with Crippen molar-refractivity contribution in [3.8, 4) is 0 Å².